The van der Waals surface area contributed by atoms with E-state index < -0.39 is 73.5 Å². The molecule has 5 heteroatoms. The first-order valence-electron chi connectivity index (χ1n) is 11.1. The second-order valence-electron chi connectivity index (χ2n) is 4.12. The summed E-state index contributed by atoms with van der Waals surface area (Å²) < 4.78 is 121. The highest BCUT2D eigenvalue weighted by molar-refractivity contribution is 5.30. The summed E-state index contributed by atoms with van der Waals surface area (Å²) in [5, 5.41) is 1.95. The largest absolute Gasteiger partial charge is 0.486 e. The van der Waals surface area contributed by atoms with Crippen molar-refractivity contribution in [2.45, 2.75) is 18.7 Å². The van der Waals surface area contributed by atoms with Crippen LogP contribution < -0.4 is 10.1 Å². The van der Waals surface area contributed by atoms with Gasteiger partial charge in [0.05, 0.1) is 12.4 Å². The van der Waals surface area contributed by atoms with Crippen LogP contribution in [-0.2, 0) is 6.18 Å². The molecular formula is C17H18F3NO. The van der Waals surface area contributed by atoms with Gasteiger partial charge < -0.3 is 10.1 Å². The van der Waals surface area contributed by atoms with E-state index in [0.717, 1.165) is 12.1 Å². The second kappa shape index (κ2) is 7.31. The van der Waals surface area contributed by atoms with Crippen LogP contribution in [0, 0.1) is 0 Å². The van der Waals surface area contributed by atoms with Crippen molar-refractivity contribution in [3.8, 4) is 5.75 Å². The summed E-state index contributed by atoms with van der Waals surface area (Å²) in [6.45, 7) is -3.64. The van der Waals surface area contributed by atoms with Crippen LogP contribution in [0.3, 0.4) is 0 Å². The van der Waals surface area contributed by atoms with E-state index in [1.165, 1.54) is 0 Å². The third kappa shape index (κ3) is 4.49. The number of rotatable bonds is 6. The highest BCUT2D eigenvalue weighted by Gasteiger charge is 2.30. The fraction of sp³-hybridized carbons (Fsp3) is 0.294. The van der Waals surface area contributed by atoms with Crippen molar-refractivity contribution >= 4 is 0 Å². The van der Waals surface area contributed by atoms with E-state index in [1.807, 2.05) is 5.32 Å². The molecule has 0 aromatic heterocycles. The molecule has 0 spiro atoms. The Morgan fingerprint density at radius 3 is 2.50 bits per heavy atom. The van der Waals surface area contributed by atoms with Gasteiger partial charge in [0.15, 0.2) is 0 Å². The molecule has 0 fully saturated rings. The summed E-state index contributed by atoms with van der Waals surface area (Å²) in [6.07, 6.45) is -9.25. The molecular weight excluding hydrogens is 291 g/mol. The molecule has 2 aromatic rings. The summed E-state index contributed by atoms with van der Waals surface area (Å²) in [4.78, 5) is 0. The van der Waals surface area contributed by atoms with E-state index in [4.69, 9.17) is 18.4 Å². The highest BCUT2D eigenvalue weighted by Crippen LogP contribution is 2.31. The van der Waals surface area contributed by atoms with Crippen LogP contribution in [0.15, 0.2) is 54.5 Å². The van der Waals surface area contributed by atoms with Crippen LogP contribution in [0.2, 0.25) is 0 Å². The van der Waals surface area contributed by atoms with Gasteiger partial charge in [-0.3, -0.25) is 0 Å². The monoisotopic (exact) mass is 319 g/mol. The Morgan fingerprint density at radius 2 is 1.91 bits per heavy atom. The molecule has 1 atom stereocenters. The predicted molar refractivity (Wildman–Crippen MR) is 79.8 cm³/mol. The lowest BCUT2D eigenvalue weighted by Crippen LogP contribution is -2.16. The molecule has 0 aliphatic heterocycles. The van der Waals surface area contributed by atoms with Crippen LogP contribution in [0.1, 0.15) is 37.3 Å². The van der Waals surface area contributed by atoms with Crippen molar-refractivity contribution in [1.29, 1.82) is 0 Å². The summed E-state index contributed by atoms with van der Waals surface area (Å²) >= 11 is 0. The third-order valence-electron chi connectivity index (χ3n) is 2.59. The molecule has 0 amide bonds. The molecule has 1 N–H and O–H groups in total. The zero-order valence-electron chi connectivity index (χ0n) is 21.1. The topological polar surface area (TPSA) is 21.3 Å². The van der Waals surface area contributed by atoms with Gasteiger partial charge in [-0.2, -0.15) is 13.2 Å². The van der Waals surface area contributed by atoms with Gasteiger partial charge in [-0.1, -0.05) is 30.2 Å². The fourth-order valence-electron chi connectivity index (χ4n) is 1.60. The molecule has 0 heterocycles. The van der Waals surface area contributed by atoms with Gasteiger partial charge in [-0.15, -0.1) is 0 Å². The Morgan fingerprint density at radius 1 is 1.23 bits per heavy atom. The van der Waals surface area contributed by atoms with Crippen molar-refractivity contribution in [2.24, 2.45) is 0 Å². The third-order valence-corrected chi connectivity index (χ3v) is 2.59. The molecule has 2 rings (SSSR count). The Kier molecular flexibility index (Phi) is 2.50. The summed E-state index contributed by atoms with van der Waals surface area (Å²) in [5.74, 6) is -0.285. The maximum Gasteiger partial charge on any atom is 0.416 e. The minimum Gasteiger partial charge on any atom is -0.486 e. The van der Waals surface area contributed by atoms with Gasteiger partial charge in [-0.05, 0) is 43.3 Å². The number of ether oxygens (including phenoxy) is 1. The maximum atomic E-state index is 12.8. The number of hydrogen-bond acceptors (Lipinski definition) is 2. The molecule has 2 aromatic carbocycles. The molecule has 0 aliphatic carbocycles. The molecule has 0 saturated heterocycles. The SMILES string of the molecule is [2H]c1c([2H])c([2H])c(C(Oc2ccc(C(F)(F)F)cc2)C([2H])([2H])CNC([2H])([2H])[2H])c([2H])c1[2H]. The first kappa shape index (κ1) is 7.51. The van der Waals surface area contributed by atoms with Gasteiger partial charge in [0, 0.05) is 13.2 Å². The molecule has 118 valence electrons. The Bertz CT molecular complexity index is 948. The lowest BCUT2D eigenvalue weighted by atomic mass is 10.1. The summed E-state index contributed by atoms with van der Waals surface area (Å²) in [6, 6.07) is -0.746. The molecule has 2 nitrogen and oxygen atoms in total. The van der Waals surface area contributed by atoms with Crippen LogP contribution >= 0.6 is 0 Å². The minimum absolute atomic E-state index is 0.285. The van der Waals surface area contributed by atoms with Crippen molar-refractivity contribution in [3.05, 3.63) is 65.6 Å². The van der Waals surface area contributed by atoms with E-state index in [0.29, 0.717) is 12.1 Å². The van der Waals surface area contributed by atoms with Gasteiger partial charge >= 0.3 is 6.18 Å². The lowest BCUT2D eigenvalue weighted by Gasteiger charge is -2.20. The molecule has 0 saturated carbocycles. The van der Waals surface area contributed by atoms with E-state index >= 15 is 0 Å². The van der Waals surface area contributed by atoms with E-state index in [9.17, 15) is 13.2 Å². The summed E-state index contributed by atoms with van der Waals surface area (Å²) in [7, 11) is 0. The smallest absolute Gasteiger partial charge is 0.416 e. The second-order valence-corrected chi connectivity index (χ2v) is 4.12. The number of hydrogen-bond donors (Lipinski definition) is 1. The minimum atomic E-state index is -4.64. The fourth-order valence-corrected chi connectivity index (χ4v) is 1.60. The van der Waals surface area contributed by atoms with Gasteiger partial charge in [-0.25, -0.2) is 0 Å². The quantitative estimate of drug-likeness (QED) is 0.850. The number of alkyl halides is 3. The van der Waals surface area contributed by atoms with Crippen molar-refractivity contribution in [3.63, 3.8) is 0 Å². The Hall–Kier alpha value is -2.01. The van der Waals surface area contributed by atoms with Crippen molar-refractivity contribution < 1.29 is 31.6 Å². The number of nitrogens with one attached hydrogen (secondary N) is 1. The van der Waals surface area contributed by atoms with E-state index in [-0.39, 0.29) is 5.75 Å². The average molecular weight is 319 g/mol. The number of halogens is 3. The average Bonchev–Trinajstić information content (AvgIpc) is 2.68. The summed E-state index contributed by atoms with van der Waals surface area (Å²) in [5.41, 5.74) is -1.61. The first-order chi connectivity index (χ1) is 14.5. The van der Waals surface area contributed by atoms with Crippen LogP contribution in [-0.4, -0.2) is 13.5 Å². The number of benzene rings is 2. The molecule has 1 unspecified atom stereocenters. The lowest BCUT2D eigenvalue weighted by molar-refractivity contribution is -0.137. The van der Waals surface area contributed by atoms with Gasteiger partial charge in [0.25, 0.3) is 0 Å². The van der Waals surface area contributed by atoms with Crippen LogP contribution in [0.5, 0.6) is 5.75 Å². The van der Waals surface area contributed by atoms with Crippen LogP contribution in [0.4, 0.5) is 13.2 Å². The zero-order valence-corrected chi connectivity index (χ0v) is 11.1. The highest BCUT2D eigenvalue weighted by atomic mass is 19.4. The maximum absolute atomic E-state index is 12.8. The molecule has 22 heavy (non-hydrogen) atoms. The molecule has 0 radical (unpaired) electrons. The Labute approximate surface area is 142 Å². The van der Waals surface area contributed by atoms with Gasteiger partial charge in [0.2, 0.25) is 0 Å². The standard InChI is InChI=1S/C17H18F3NO/c1-21-12-11-16(13-5-3-2-4-6-13)22-15-9-7-14(8-10-15)17(18,19)20/h2-10,16,21H,11-12H2,1H3/i1D3,2D,3D,4D,5D,6D,11D2. The van der Waals surface area contributed by atoms with Crippen LogP contribution in [0.25, 0.3) is 0 Å². The Balaban J connectivity index is 2.59. The van der Waals surface area contributed by atoms with E-state index in [2.05, 4.69) is 0 Å². The molecule has 0 bridgehead atoms. The normalized spacial score (nSPS) is 20.7. The van der Waals surface area contributed by atoms with Crippen molar-refractivity contribution in [1.82, 2.24) is 5.32 Å². The first-order valence-corrected chi connectivity index (χ1v) is 6.11. The molecule has 0 aliphatic rings. The van der Waals surface area contributed by atoms with Gasteiger partial charge in [0.1, 0.15) is 11.9 Å². The zero-order chi connectivity index (χ0) is 24.6. The van der Waals surface area contributed by atoms with E-state index in [1.54, 1.807) is 0 Å². The van der Waals surface area contributed by atoms with Crippen molar-refractivity contribution in [2.75, 3.05) is 13.5 Å². The predicted octanol–water partition coefficient (Wildman–Crippen LogP) is 4.44.